The second-order valence-corrected chi connectivity index (χ2v) is 4.50. The summed E-state index contributed by atoms with van der Waals surface area (Å²) in [4.78, 5) is 22.6. The molecule has 0 saturated carbocycles. The van der Waals surface area contributed by atoms with Crippen LogP contribution in [0, 0.1) is 6.92 Å². The van der Waals surface area contributed by atoms with E-state index < -0.39 is 5.97 Å². The maximum atomic E-state index is 11.8. The molecule has 0 fully saturated rings. The number of anilines is 1. The molecule has 2 N–H and O–H groups in total. The van der Waals surface area contributed by atoms with Crippen molar-refractivity contribution in [2.24, 2.45) is 0 Å². The Kier molecular flexibility index (Phi) is 4.56. The Labute approximate surface area is 121 Å². The number of para-hydroxylation sites is 1. The minimum absolute atomic E-state index is 0.141. The molecule has 108 valence electrons. The number of rotatable bonds is 5. The number of nitrogens with one attached hydrogen (secondary N) is 1. The summed E-state index contributed by atoms with van der Waals surface area (Å²) in [5.41, 5.74) is 1.05. The van der Waals surface area contributed by atoms with E-state index in [4.69, 9.17) is 9.52 Å². The summed E-state index contributed by atoms with van der Waals surface area (Å²) in [6.07, 6.45) is 2.76. The third-order valence-electron chi connectivity index (χ3n) is 2.78. The number of carbonyl (C=O) groups excluding carboxylic acids is 1. The van der Waals surface area contributed by atoms with Gasteiger partial charge in [-0.15, -0.1) is 0 Å². The van der Waals surface area contributed by atoms with Gasteiger partial charge in [-0.1, -0.05) is 18.2 Å². The summed E-state index contributed by atoms with van der Waals surface area (Å²) in [7, 11) is 0. The Bertz CT molecular complexity index is 685. The molecule has 1 heterocycles. The Morgan fingerprint density at radius 1 is 1.24 bits per heavy atom. The second kappa shape index (κ2) is 6.56. The van der Waals surface area contributed by atoms with E-state index in [1.54, 1.807) is 42.5 Å². The topological polar surface area (TPSA) is 79.5 Å². The van der Waals surface area contributed by atoms with Crippen LogP contribution >= 0.6 is 0 Å². The molecule has 1 aromatic heterocycles. The van der Waals surface area contributed by atoms with Crippen LogP contribution in [-0.4, -0.2) is 17.0 Å². The van der Waals surface area contributed by atoms with Crippen molar-refractivity contribution in [1.29, 1.82) is 0 Å². The van der Waals surface area contributed by atoms with E-state index in [-0.39, 0.29) is 12.3 Å². The molecule has 21 heavy (non-hydrogen) atoms. The van der Waals surface area contributed by atoms with Gasteiger partial charge >= 0.3 is 5.97 Å². The smallest absolute Gasteiger partial charge is 0.307 e. The zero-order valence-electron chi connectivity index (χ0n) is 11.5. The van der Waals surface area contributed by atoms with Gasteiger partial charge in [0.25, 0.3) is 0 Å². The molecule has 0 atom stereocenters. The zero-order valence-corrected chi connectivity index (χ0v) is 11.5. The van der Waals surface area contributed by atoms with Crippen LogP contribution in [0.2, 0.25) is 0 Å². The number of aryl methyl sites for hydroxylation is 1. The lowest BCUT2D eigenvalue weighted by molar-refractivity contribution is -0.136. The number of hydrogen-bond acceptors (Lipinski definition) is 3. The van der Waals surface area contributed by atoms with Crippen LogP contribution < -0.4 is 5.32 Å². The SMILES string of the molecule is Cc1ccc(C=CC(=O)Nc2ccccc2CC(=O)O)o1. The van der Waals surface area contributed by atoms with Crippen molar-refractivity contribution in [2.75, 3.05) is 5.32 Å². The standard InChI is InChI=1S/C16H15NO4/c1-11-6-7-13(21-11)8-9-15(18)17-14-5-3-2-4-12(14)10-16(19)20/h2-9H,10H2,1H3,(H,17,18)(H,19,20). The lowest BCUT2D eigenvalue weighted by Crippen LogP contribution is -2.11. The monoisotopic (exact) mass is 285 g/mol. The molecule has 0 aliphatic heterocycles. The van der Waals surface area contributed by atoms with Gasteiger partial charge in [0.15, 0.2) is 0 Å². The molecule has 1 amide bonds. The number of furan rings is 1. The quantitative estimate of drug-likeness (QED) is 0.828. The van der Waals surface area contributed by atoms with Gasteiger partial charge < -0.3 is 14.8 Å². The van der Waals surface area contributed by atoms with Crippen molar-refractivity contribution in [2.45, 2.75) is 13.3 Å². The van der Waals surface area contributed by atoms with E-state index in [2.05, 4.69) is 5.32 Å². The first-order valence-electron chi connectivity index (χ1n) is 6.40. The minimum Gasteiger partial charge on any atom is -0.481 e. The Hall–Kier alpha value is -2.82. The molecule has 0 aliphatic carbocycles. The summed E-state index contributed by atoms with van der Waals surface area (Å²) in [6, 6.07) is 10.4. The molecule has 0 spiro atoms. The molecular weight excluding hydrogens is 270 g/mol. The predicted octanol–water partition coefficient (Wildman–Crippen LogP) is 2.87. The molecule has 5 heteroatoms. The van der Waals surface area contributed by atoms with Gasteiger partial charge in [-0.2, -0.15) is 0 Å². The fraction of sp³-hybridized carbons (Fsp3) is 0.125. The van der Waals surface area contributed by atoms with Crippen molar-refractivity contribution in [1.82, 2.24) is 0 Å². The van der Waals surface area contributed by atoms with Crippen LogP contribution in [0.25, 0.3) is 6.08 Å². The molecule has 5 nitrogen and oxygen atoms in total. The van der Waals surface area contributed by atoms with Crippen molar-refractivity contribution < 1.29 is 19.1 Å². The molecule has 0 radical (unpaired) electrons. The first kappa shape index (κ1) is 14.6. The van der Waals surface area contributed by atoms with Crippen molar-refractivity contribution >= 4 is 23.6 Å². The molecule has 0 unspecified atom stereocenters. The summed E-state index contributed by atoms with van der Waals surface area (Å²) < 4.78 is 5.32. The Morgan fingerprint density at radius 2 is 2.00 bits per heavy atom. The van der Waals surface area contributed by atoms with Crippen molar-refractivity contribution in [3.05, 3.63) is 59.6 Å². The second-order valence-electron chi connectivity index (χ2n) is 4.50. The summed E-state index contributed by atoms with van der Waals surface area (Å²) in [5.74, 6) is 0.0588. The maximum absolute atomic E-state index is 11.8. The van der Waals surface area contributed by atoms with E-state index >= 15 is 0 Å². The Balaban J connectivity index is 2.06. The van der Waals surface area contributed by atoms with E-state index in [9.17, 15) is 9.59 Å². The maximum Gasteiger partial charge on any atom is 0.307 e. The summed E-state index contributed by atoms with van der Waals surface area (Å²) in [6.45, 7) is 1.82. The number of benzene rings is 1. The van der Waals surface area contributed by atoms with Gasteiger partial charge in [0, 0.05) is 11.8 Å². The predicted molar refractivity (Wildman–Crippen MR) is 78.9 cm³/mol. The fourth-order valence-corrected chi connectivity index (χ4v) is 1.83. The average molecular weight is 285 g/mol. The molecule has 2 aromatic rings. The number of carboxylic acid groups (broad SMARTS) is 1. The Morgan fingerprint density at radius 3 is 2.67 bits per heavy atom. The highest BCUT2D eigenvalue weighted by atomic mass is 16.4. The van der Waals surface area contributed by atoms with Gasteiger partial charge in [0.05, 0.1) is 6.42 Å². The number of carbonyl (C=O) groups is 2. The van der Waals surface area contributed by atoms with Crippen molar-refractivity contribution in [3.8, 4) is 0 Å². The molecule has 0 aliphatic rings. The zero-order chi connectivity index (χ0) is 15.2. The number of aliphatic carboxylic acids is 1. The number of carboxylic acids is 1. The third kappa shape index (κ3) is 4.35. The van der Waals surface area contributed by atoms with E-state index in [1.807, 2.05) is 6.92 Å². The lowest BCUT2D eigenvalue weighted by atomic mass is 10.1. The summed E-state index contributed by atoms with van der Waals surface area (Å²) in [5, 5.41) is 11.5. The minimum atomic E-state index is -0.946. The van der Waals surface area contributed by atoms with Crippen LogP contribution in [0.4, 0.5) is 5.69 Å². The van der Waals surface area contributed by atoms with Gasteiger partial charge in [0.1, 0.15) is 11.5 Å². The van der Waals surface area contributed by atoms with Gasteiger partial charge in [-0.3, -0.25) is 9.59 Å². The first-order chi connectivity index (χ1) is 10.0. The van der Waals surface area contributed by atoms with E-state index in [0.717, 1.165) is 5.76 Å². The third-order valence-corrected chi connectivity index (χ3v) is 2.78. The highest BCUT2D eigenvalue weighted by Crippen LogP contribution is 2.16. The van der Waals surface area contributed by atoms with Crippen LogP contribution in [0.3, 0.4) is 0 Å². The first-order valence-corrected chi connectivity index (χ1v) is 6.40. The van der Waals surface area contributed by atoms with Gasteiger partial charge in [0.2, 0.25) is 5.91 Å². The van der Waals surface area contributed by atoms with Crippen LogP contribution in [0.5, 0.6) is 0 Å². The highest BCUT2D eigenvalue weighted by molar-refractivity contribution is 6.02. The fourth-order valence-electron chi connectivity index (χ4n) is 1.83. The largest absolute Gasteiger partial charge is 0.481 e. The van der Waals surface area contributed by atoms with Gasteiger partial charge in [-0.25, -0.2) is 0 Å². The lowest BCUT2D eigenvalue weighted by Gasteiger charge is -2.07. The molecule has 2 rings (SSSR count). The number of hydrogen-bond donors (Lipinski definition) is 2. The highest BCUT2D eigenvalue weighted by Gasteiger charge is 2.07. The van der Waals surface area contributed by atoms with Crippen LogP contribution in [-0.2, 0) is 16.0 Å². The normalized spacial score (nSPS) is 10.7. The number of amides is 1. The molecular formula is C16H15NO4. The molecule has 0 saturated heterocycles. The van der Waals surface area contributed by atoms with Gasteiger partial charge in [-0.05, 0) is 36.8 Å². The summed E-state index contributed by atoms with van der Waals surface area (Å²) >= 11 is 0. The van der Waals surface area contributed by atoms with E-state index in [0.29, 0.717) is 17.0 Å². The van der Waals surface area contributed by atoms with E-state index in [1.165, 1.54) is 6.08 Å². The van der Waals surface area contributed by atoms with Crippen molar-refractivity contribution in [3.63, 3.8) is 0 Å². The van der Waals surface area contributed by atoms with Crippen LogP contribution in [0.15, 0.2) is 46.9 Å². The molecule has 1 aromatic carbocycles. The van der Waals surface area contributed by atoms with Crippen LogP contribution in [0.1, 0.15) is 17.1 Å². The molecule has 0 bridgehead atoms. The average Bonchev–Trinajstić information content (AvgIpc) is 2.84.